The third-order valence-electron chi connectivity index (χ3n) is 3.79. The average Bonchev–Trinajstić information content (AvgIpc) is 2.72. The second kappa shape index (κ2) is 5.49. The Balaban J connectivity index is 1.98. The minimum Gasteiger partial charge on any atom is -0.490 e. The number of hydrogen-bond donors (Lipinski definition) is 1. The number of hydrogen-bond acceptors (Lipinski definition) is 5. The van der Waals surface area contributed by atoms with Crippen molar-refractivity contribution in [3.8, 4) is 5.75 Å². The Bertz CT molecular complexity index is 725. The first kappa shape index (κ1) is 15.2. The molecule has 0 unspecified atom stereocenters. The zero-order valence-electron chi connectivity index (χ0n) is 12.8. The average molecular weight is 316 g/mol. The number of nitrogens with zero attached hydrogens (tertiary/aromatic N) is 1. The van der Waals surface area contributed by atoms with Gasteiger partial charge in [-0.3, -0.25) is 29.4 Å². The van der Waals surface area contributed by atoms with Crippen LogP contribution in [0.2, 0.25) is 0 Å². The van der Waals surface area contributed by atoms with Gasteiger partial charge in [0.1, 0.15) is 11.8 Å². The minimum absolute atomic E-state index is 0.0964. The molecule has 0 radical (unpaired) electrons. The lowest BCUT2D eigenvalue weighted by Gasteiger charge is -2.27. The molecule has 120 valence electrons. The van der Waals surface area contributed by atoms with E-state index >= 15 is 0 Å². The van der Waals surface area contributed by atoms with E-state index in [4.69, 9.17) is 4.74 Å². The first-order valence-corrected chi connectivity index (χ1v) is 7.41. The first-order valence-electron chi connectivity index (χ1n) is 7.41. The third-order valence-corrected chi connectivity index (χ3v) is 3.79. The van der Waals surface area contributed by atoms with E-state index in [1.54, 1.807) is 12.1 Å². The Morgan fingerprint density at radius 2 is 1.91 bits per heavy atom. The van der Waals surface area contributed by atoms with Crippen LogP contribution in [-0.2, 0) is 9.59 Å². The molecule has 7 nitrogen and oxygen atoms in total. The predicted molar refractivity (Wildman–Crippen MR) is 78.9 cm³/mol. The van der Waals surface area contributed by atoms with Crippen LogP contribution in [0.4, 0.5) is 0 Å². The monoisotopic (exact) mass is 316 g/mol. The number of amides is 4. The maximum atomic E-state index is 12.7. The maximum absolute atomic E-state index is 12.7. The molecule has 1 atom stereocenters. The van der Waals surface area contributed by atoms with Crippen molar-refractivity contribution in [3.05, 3.63) is 29.3 Å². The second-order valence-electron chi connectivity index (χ2n) is 5.79. The first-order chi connectivity index (χ1) is 10.9. The van der Waals surface area contributed by atoms with Crippen molar-refractivity contribution in [2.24, 2.45) is 0 Å². The largest absolute Gasteiger partial charge is 0.490 e. The topological polar surface area (TPSA) is 92.8 Å². The molecule has 0 spiro atoms. The van der Waals surface area contributed by atoms with Crippen LogP contribution in [0.3, 0.4) is 0 Å². The number of piperidine rings is 1. The van der Waals surface area contributed by atoms with Gasteiger partial charge in [0, 0.05) is 6.42 Å². The molecule has 3 rings (SSSR count). The standard InChI is InChI=1S/C16H16N2O5/c1-8(2)23-11-5-3-4-9-13(11)16(22)18(15(9)21)10-6-7-12(19)17-14(10)20/h3-5,8,10H,6-7H2,1-2H3,(H,17,19,20)/t10-/m0/s1. The maximum Gasteiger partial charge on any atom is 0.266 e. The lowest BCUT2D eigenvalue weighted by molar-refractivity contribution is -0.136. The summed E-state index contributed by atoms with van der Waals surface area (Å²) in [6.45, 7) is 3.64. The van der Waals surface area contributed by atoms with Crippen LogP contribution in [-0.4, -0.2) is 40.7 Å². The molecule has 0 bridgehead atoms. The molecule has 0 saturated carbocycles. The fourth-order valence-electron chi connectivity index (χ4n) is 2.84. The summed E-state index contributed by atoms with van der Waals surface area (Å²) in [7, 11) is 0. The Kier molecular flexibility index (Phi) is 3.63. The second-order valence-corrected chi connectivity index (χ2v) is 5.79. The fourth-order valence-corrected chi connectivity index (χ4v) is 2.84. The van der Waals surface area contributed by atoms with Crippen LogP contribution in [0.25, 0.3) is 0 Å². The summed E-state index contributed by atoms with van der Waals surface area (Å²) in [6, 6.07) is 3.83. The fraction of sp³-hybridized carbons (Fsp3) is 0.375. The van der Waals surface area contributed by atoms with Gasteiger partial charge in [-0.25, -0.2) is 0 Å². The van der Waals surface area contributed by atoms with Gasteiger partial charge in [0.2, 0.25) is 11.8 Å². The summed E-state index contributed by atoms with van der Waals surface area (Å²) in [5.41, 5.74) is 0.397. The Morgan fingerprint density at radius 3 is 2.57 bits per heavy atom. The number of ether oxygens (including phenoxy) is 1. The smallest absolute Gasteiger partial charge is 0.266 e. The molecular formula is C16H16N2O5. The number of carbonyl (C=O) groups is 4. The lowest BCUT2D eigenvalue weighted by Crippen LogP contribution is -2.54. The molecule has 7 heteroatoms. The number of rotatable bonds is 3. The highest BCUT2D eigenvalue weighted by molar-refractivity contribution is 6.24. The lowest BCUT2D eigenvalue weighted by atomic mass is 10.0. The van der Waals surface area contributed by atoms with Gasteiger partial charge in [0.15, 0.2) is 0 Å². The van der Waals surface area contributed by atoms with Gasteiger partial charge in [0.25, 0.3) is 11.8 Å². The number of imide groups is 2. The molecule has 1 saturated heterocycles. The molecule has 4 amide bonds. The molecule has 1 aromatic rings. The molecule has 0 aliphatic carbocycles. The zero-order valence-corrected chi connectivity index (χ0v) is 12.8. The SMILES string of the molecule is CC(C)Oc1cccc2c1C(=O)N([C@H]1CCC(=O)NC1=O)C2=O. The van der Waals surface area contributed by atoms with E-state index in [2.05, 4.69) is 5.32 Å². The van der Waals surface area contributed by atoms with Crippen molar-refractivity contribution in [2.75, 3.05) is 0 Å². The van der Waals surface area contributed by atoms with Gasteiger partial charge in [-0.05, 0) is 32.4 Å². The zero-order chi connectivity index (χ0) is 16.7. The van der Waals surface area contributed by atoms with Crippen molar-refractivity contribution in [1.29, 1.82) is 0 Å². The van der Waals surface area contributed by atoms with E-state index in [0.29, 0.717) is 5.75 Å². The van der Waals surface area contributed by atoms with Crippen molar-refractivity contribution in [1.82, 2.24) is 10.2 Å². The Labute approximate surface area is 132 Å². The van der Waals surface area contributed by atoms with E-state index in [1.165, 1.54) is 6.07 Å². The summed E-state index contributed by atoms with van der Waals surface area (Å²) in [5.74, 6) is -1.79. The normalized spacial score (nSPS) is 20.8. The molecule has 1 N–H and O–H groups in total. The van der Waals surface area contributed by atoms with Crippen LogP contribution in [0.15, 0.2) is 18.2 Å². The molecule has 2 aliphatic rings. The van der Waals surface area contributed by atoms with Crippen molar-refractivity contribution in [3.63, 3.8) is 0 Å². The van der Waals surface area contributed by atoms with Gasteiger partial charge >= 0.3 is 0 Å². The van der Waals surface area contributed by atoms with Crippen LogP contribution in [0.1, 0.15) is 47.4 Å². The summed E-state index contributed by atoms with van der Waals surface area (Å²) < 4.78 is 5.60. The molecule has 1 fully saturated rings. The quantitative estimate of drug-likeness (QED) is 0.836. The Hall–Kier alpha value is -2.70. The van der Waals surface area contributed by atoms with E-state index in [9.17, 15) is 19.2 Å². The van der Waals surface area contributed by atoms with E-state index in [0.717, 1.165) is 4.90 Å². The van der Waals surface area contributed by atoms with Gasteiger partial charge in [-0.15, -0.1) is 0 Å². The number of nitrogens with one attached hydrogen (secondary N) is 1. The van der Waals surface area contributed by atoms with Crippen molar-refractivity contribution >= 4 is 23.6 Å². The van der Waals surface area contributed by atoms with Gasteiger partial charge in [-0.1, -0.05) is 6.07 Å². The van der Waals surface area contributed by atoms with Gasteiger partial charge < -0.3 is 4.74 Å². The highest BCUT2D eigenvalue weighted by Crippen LogP contribution is 2.33. The summed E-state index contributed by atoms with van der Waals surface area (Å²) in [4.78, 5) is 49.4. The number of fused-ring (bicyclic) bond motifs is 1. The summed E-state index contributed by atoms with van der Waals surface area (Å²) >= 11 is 0. The van der Waals surface area contributed by atoms with Gasteiger partial charge in [0.05, 0.1) is 17.2 Å². The summed E-state index contributed by atoms with van der Waals surface area (Å²) in [5, 5.41) is 2.17. The van der Waals surface area contributed by atoms with Crippen molar-refractivity contribution in [2.45, 2.75) is 38.8 Å². The third kappa shape index (κ3) is 2.48. The van der Waals surface area contributed by atoms with Crippen LogP contribution in [0, 0.1) is 0 Å². The Morgan fingerprint density at radius 1 is 1.17 bits per heavy atom. The minimum atomic E-state index is -0.966. The highest BCUT2D eigenvalue weighted by Gasteiger charge is 2.45. The van der Waals surface area contributed by atoms with Crippen LogP contribution >= 0.6 is 0 Å². The van der Waals surface area contributed by atoms with E-state index in [-0.39, 0.29) is 30.1 Å². The van der Waals surface area contributed by atoms with E-state index in [1.807, 2.05) is 13.8 Å². The highest BCUT2D eigenvalue weighted by atomic mass is 16.5. The predicted octanol–water partition coefficient (Wildman–Crippen LogP) is 0.875. The molecule has 0 aromatic heterocycles. The molecule has 23 heavy (non-hydrogen) atoms. The molecular weight excluding hydrogens is 300 g/mol. The van der Waals surface area contributed by atoms with Crippen molar-refractivity contribution < 1.29 is 23.9 Å². The van der Waals surface area contributed by atoms with Gasteiger partial charge in [-0.2, -0.15) is 0 Å². The van der Waals surface area contributed by atoms with Crippen LogP contribution in [0.5, 0.6) is 5.75 Å². The summed E-state index contributed by atoms with van der Waals surface area (Å²) in [6.07, 6.45) is 0.0735. The molecule has 2 aliphatic heterocycles. The molecule has 2 heterocycles. The number of carbonyl (C=O) groups excluding carboxylic acids is 4. The van der Waals surface area contributed by atoms with Crippen LogP contribution < -0.4 is 10.1 Å². The molecule has 1 aromatic carbocycles. The van der Waals surface area contributed by atoms with E-state index < -0.39 is 29.7 Å². The number of benzene rings is 1.